The van der Waals surface area contributed by atoms with Crippen molar-refractivity contribution in [2.75, 3.05) is 24.5 Å². The molecule has 0 saturated carbocycles. The Morgan fingerprint density at radius 1 is 1.21 bits per heavy atom. The number of hydrogen-bond acceptors (Lipinski definition) is 6. The highest BCUT2D eigenvalue weighted by Gasteiger charge is 2.21. The van der Waals surface area contributed by atoms with Crippen molar-refractivity contribution in [2.24, 2.45) is 5.41 Å². The van der Waals surface area contributed by atoms with Gasteiger partial charge in [0.25, 0.3) is 0 Å². The van der Waals surface area contributed by atoms with Gasteiger partial charge in [-0.25, -0.2) is 14.6 Å². The van der Waals surface area contributed by atoms with Crippen molar-refractivity contribution in [1.29, 1.82) is 0 Å². The first-order valence-corrected chi connectivity index (χ1v) is 11.5. The number of anilines is 1. The van der Waals surface area contributed by atoms with E-state index in [1.54, 1.807) is 11.8 Å². The molecule has 0 aromatic carbocycles. The van der Waals surface area contributed by atoms with Crippen molar-refractivity contribution in [2.45, 2.75) is 77.3 Å². The topological polar surface area (TPSA) is 75.9 Å². The number of thioether (sulfide) groups is 1. The molecule has 29 heavy (non-hydrogen) atoms. The third-order valence-corrected chi connectivity index (χ3v) is 5.65. The number of fused-ring (bicyclic) bond motifs is 1. The Kier molecular flexibility index (Phi) is 7.03. The van der Waals surface area contributed by atoms with Gasteiger partial charge in [0.15, 0.2) is 10.8 Å². The molecule has 1 saturated heterocycles. The molecule has 3 rings (SSSR count). The molecule has 3 heterocycles. The monoisotopic (exact) mass is 418 g/mol. The lowest BCUT2D eigenvalue weighted by Crippen LogP contribution is -2.31. The Bertz CT molecular complexity index is 836. The van der Waals surface area contributed by atoms with E-state index in [2.05, 4.69) is 49.9 Å². The number of aromatic nitrogens is 4. The minimum Gasteiger partial charge on any atom is -0.356 e. The number of rotatable bonds is 7. The van der Waals surface area contributed by atoms with Crippen molar-refractivity contribution in [3.8, 4) is 0 Å². The fraction of sp³-hybridized carbons (Fsp3) is 0.714. The fourth-order valence-corrected chi connectivity index (χ4v) is 4.24. The van der Waals surface area contributed by atoms with Crippen LogP contribution in [0.4, 0.5) is 5.82 Å². The van der Waals surface area contributed by atoms with E-state index in [0.29, 0.717) is 24.8 Å². The molecular formula is C21H34N6OS. The van der Waals surface area contributed by atoms with Gasteiger partial charge in [-0.2, -0.15) is 5.10 Å². The third kappa shape index (κ3) is 6.07. The van der Waals surface area contributed by atoms with Crippen LogP contribution in [0.15, 0.2) is 11.4 Å². The van der Waals surface area contributed by atoms with Gasteiger partial charge in [-0.1, -0.05) is 46.4 Å². The molecule has 0 radical (unpaired) electrons. The van der Waals surface area contributed by atoms with Crippen LogP contribution in [0.5, 0.6) is 0 Å². The van der Waals surface area contributed by atoms with E-state index in [1.807, 2.05) is 10.9 Å². The van der Waals surface area contributed by atoms with Crippen LogP contribution in [-0.4, -0.2) is 50.5 Å². The van der Waals surface area contributed by atoms with Gasteiger partial charge < -0.3 is 10.2 Å². The van der Waals surface area contributed by atoms with E-state index in [1.165, 1.54) is 19.3 Å². The summed E-state index contributed by atoms with van der Waals surface area (Å²) in [5.41, 5.74) is 0.843. The van der Waals surface area contributed by atoms with Crippen molar-refractivity contribution < 1.29 is 4.79 Å². The first kappa shape index (κ1) is 21.9. The predicted octanol–water partition coefficient (Wildman–Crippen LogP) is 3.87. The first-order valence-electron chi connectivity index (χ1n) is 10.6. The lowest BCUT2D eigenvalue weighted by Gasteiger charge is -2.28. The molecular weight excluding hydrogens is 384 g/mol. The number of hydrogen-bond donors (Lipinski definition) is 1. The Morgan fingerprint density at radius 3 is 2.59 bits per heavy atom. The van der Waals surface area contributed by atoms with Gasteiger partial charge in [-0.3, -0.25) is 4.79 Å². The maximum atomic E-state index is 12.1. The van der Waals surface area contributed by atoms with E-state index in [4.69, 9.17) is 9.97 Å². The minimum absolute atomic E-state index is 0.0119. The molecule has 1 fully saturated rings. The quantitative estimate of drug-likeness (QED) is 0.543. The molecule has 0 spiro atoms. The molecule has 1 N–H and O–H groups in total. The van der Waals surface area contributed by atoms with Gasteiger partial charge in [0, 0.05) is 31.3 Å². The summed E-state index contributed by atoms with van der Waals surface area (Å²) in [6, 6.07) is 0. The zero-order chi connectivity index (χ0) is 21.0. The lowest BCUT2D eigenvalue weighted by atomic mass is 9.92. The predicted molar refractivity (Wildman–Crippen MR) is 119 cm³/mol. The Labute approximate surface area is 178 Å². The second-order valence-electron chi connectivity index (χ2n) is 9.24. The van der Waals surface area contributed by atoms with Crippen LogP contribution in [0.25, 0.3) is 11.0 Å². The standard InChI is InChI=1S/C21H34N6OS/c1-15(2)29-20-24-18(26-10-7-6-8-11-26)16-14-23-27(19(16)25-20)12-9-22-17(28)13-21(3,4)5/h14-15H,6-13H2,1-5H3,(H,22,28). The first-order chi connectivity index (χ1) is 13.7. The molecule has 1 aliphatic heterocycles. The molecule has 0 atom stereocenters. The summed E-state index contributed by atoms with van der Waals surface area (Å²) in [4.78, 5) is 24.2. The molecule has 2 aromatic heterocycles. The average Bonchev–Trinajstić information content (AvgIpc) is 3.03. The van der Waals surface area contributed by atoms with E-state index < -0.39 is 0 Å². The zero-order valence-electron chi connectivity index (χ0n) is 18.4. The minimum atomic E-state index is -0.0119. The van der Waals surface area contributed by atoms with Gasteiger partial charge in [0.2, 0.25) is 5.91 Å². The van der Waals surface area contributed by atoms with Crippen molar-refractivity contribution in [3.05, 3.63) is 6.20 Å². The number of piperidine rings is 1. The molecule has 0 unspecified atom stereocenters. The molecule has 7 nitrogen and oxygen atoms in total. The van der Waals surface area contributed by atoms with E-state index in [-0.39, 0.29) is 11.3 Å². The van der Waals surface area contributed by atoms with Crippen molar-refractivity contribution in [1.82, 2.24) is 25.1 Å². The third-order valence-electron chi connectivity index (χ3n) is 4.79. The van der Waals surface area contributed by atoms with Crippen molar-refractivity contribution >= 4 is 34.5 Å². The number of amides is 1. The molecule has 160 valence electrons. The normalized spacial score (nSPS) is 15.3. The summed E-state index contributed by atoms with van der Waals surface area (Å²) in [7, 11) is 0. The summed E-state index contributed by atoms with van der Waals surface area (Å²) in [6.07, 6.45) is 6.08. The van der Waals surface area contributed by atoms with Crippen LogP contribution in [0, 0.1) is 5.41 Å². The highest BCUT2D eigenvalue weighted by molar-refractivity contribution is 7.99. The van der Waals surface area contributed by atoms with Gasteiger partial charge >= 0.3 is 0 Å². The van der Waals surface area contributed by atoms with Crippen LogP contribution in [-0.2, 0) is 11.3 Å². The number of carbonyl (C=O) groups is 1. The summed E-state index contributed by atoms with van der Waals surface area (Å²) in [5.74, 6) is 1.08. The molecule has 8 heteroatoms. The number of nitrogens with zero attached hydrogens (tertiary/aromatic N) is 5. The summed E-state index contributed by atoms with van der Waals surface area (Å²) >= 11 is 1.68. The second-order valence-corrected chi connectivity index (χ2v) is 10.8. The van der Waals surface area contributed by atoms with Crippen LogP contribution in [0.1, 0.15) is 60.3 Å². The highest BCUT2D eigenvalue weighted by atomic mass is 32.2. The smallest absolute Gasteiger partial charge is 0.220 e. The van der Waals surface area contributed by atoms with Crippen LogP contribution >= 0.6 is 11.8 Å². The molecule has 1 amide bonds. The Morgan fingerprint density at radius 2 is 1.93 bits per heavy atom. The van der Waals surface area contributed by atoms with E-state index in [0.717, 1.165) is 35.1 Å². The SMILES string of the molecule is CC(C)Sc1nc(N2CCCCC2)c2cnn(CCNC(=O)CC(C)(C)C)c2n1. The molecule has 0 bridgehead atoms. The van der Waals surface area contributed by atoms with Gasteiger partial charge in [-0.15, -0.1) is 0 Å². The largest absolute Gasteiger partial charge is 0.356 e. The maximum Gasteiger partial charge on any atom is 0.220 e. The van der Waals surface area contributed by atoms with Gasteiger partial charge in [-0.05, 0) is 24.7 Å². The molecule has 1 aliphatic rings. The zero-order valence-corrected chi connectivity index (χ0v) is 19.2. The lowest BCUT2D eigenvalue weighted by molar-refractivity contribution is -0.122. The van der Waals surface area contributed by atoms with E-state index in [9.17, 15) is 4.79 Å². The number of nitrogens with one attached hydrogen (secondary N) is 1. The summed E-state index contributed by atoms with van der Waals surface area (Å²) in [5, 5.41) is 9.79. The molecule has 2 aromatic rings. The van der Waals surface area contributed by atoms with Crippen LogP contribution in [0.3, 0.4) is 0 Å². The highest BCUT2D eigenvalue weighted by Crippen LogP contribution is 2.30. The Hall–Kier alpha value is -1.83. The van der Waals surface area contributed by atoms with Crippen molar-refractivity contribution in [3.63, 3.8) is 0 Å². The van der Waals surface area contributed by atoms with E-state index >= 15 is 0 Å². The van der Waals surface area contributed by atoms with Gasteiger partial charge in [0.1, 0.15) is 5.82 Å². The summed E-state index contributed by atoms with van der Waals surface area (Å²) < 4.78 is 1.90. The maximum absolute atomic E-state index is 12.1. The molecule has 0 aliphatic carbocycles. The van der Waals surface area contributed by atoms with Gasteiger partial charge in [0.05, 0.1) is 18.1 Å². The van der Waals surface area contributed by atoms with Crippen LogP contribution in [0.2, 0.25) is 0 Å². The van der Waals surface area contributed by atoms with Crippen LogP contribution < -0.4 is 10.2 Å². The number of carbonyl (C=O) groups excluding carboxylic acids is 1. The Balaban J connectivity index is 1.80. The second kappa shape index (κ2) is 9.32. The summed E-state index contributed by atoms with van der Waals surface area (Å²) in [6.45, 7) is 13.7. The fourth-order valence-electron chi connectivity index (χ4n) is 3.54. The average molecular weight is 419 g/mol.